The first-order valence-corrected chi connectivity index (χ1v) is 9.24. The van der Waals surface area contributed by atoms with Crippen LogP contribution in [0, 0.1) is 16.0 Å². The quantitative estimate of drug-likeness (QED) is 0.484. The van der Waals surface area contributed by atoms with E-state index < -0.39 is 4.92 Å². The van der Waals surface area contributed by atoms with Crippen LogP contribution in [0.3, 0.4) is 0 Å². The van der Waals surface area contributed by atoms with Crippen molar-refractivity contribution in [1.82, 2.24) is 15.0 Å². The fourth-order valence-electron chi connectivity index (χ4n) is 3.04. The van der Waals surface area contributed by atoms with E-state index in [2.05, 4.69) is 25.6 Å². The second kappa shape index (κ2) is 8.92. The Hall–Kier alpha value is -2.52. The molecule has 10 heteroatoms. The van der Waals surface area contributed by atoms with Crippen LogP contribution in [0.4, 0.5) is 17.5 Å². The zero-order chi connectivity index (χ0) is 19.2. The second-order valence-corrected chi connectivity index (χ2v) is 7.10. The Morgan fingerprint density at radius 1 is 1.19 bits per heavy atom. The number of anilines is 2. The number of rotatable bonds is 7. The molecule has 2 aromatic rings. The molecule has 0 unspecified atom stereocenters. The predicted octanol–water partition coefficient (Wildman–Crippen LogP) is 2.97. The molecule has 2 aromatic heterocycles. The maximum Gasteiger partial charge on any atom is 0.329 e. The minimum absolute atomic E-state index is 0.141. The summed E-state index contributed by atoms with van der Waals surface area (Å²) in [5, 5.41) is 18.0. The van der Waals surface area contributed by atoms with E-state index in [1.807, 2.05) is 0 Å². The summed E-state index contributed by atoms with van der Waals surface area (Å²) in [5.74, 6) is 0.955. The highest BCUT2D eigenvalue weighted by atomic mass is 35.5. The van der Waals surface area contributed by atoms with E-state index in [1.54, 1.807) is 18.3 Å². The van der Waals surface area contributed by atoms with Gasteiger partial charge in [0.25, 0.3) is 0 Å². The molecule has 0 spiro atoms. The molecular formula is C17H22ClN7O2. The first kappa shape index (κ1) is 19.2. The van der Waals surface area contributed by atoms with Crippen molar-refractivity contribution in [3.8, 4) is 0 Å². The number of pyridine rings is 1. The molecule has 0 atom stereocenters. The molecule has 0 amide bonds. The number of hydrogen-bond acceptors (Lipinski definition) is 8. The number of nitro groups is 1. The fraction of sp³-hybridized carbons (Fsp3) is 0.471. The van der Waals surface area contributed by atoms with Crippen LogP contribution in [0.2, 0.25) is 5.02 Å². The SMILES string of the molecule is N[C@H]1CC[C@H](CNc2nc(NCc3ccc(Cl)cn3)ncc2[N+](=O)[O-])CC1. The van der Waals surface area contributed by atoms with Crippen molar-refractivity contribution >= 4 is 29.1 Å². The summed E-state index contributed by atoms with van der Waals surface area (Å²) in [6.07, 6.45) is 6.76. The summed E-state index contributed by atoms with van der Waals surface area (Å²) < 4.78 is 0. The Morgan fingerprint density at radius 3 is 2.63 bits per heavy atom. The molecular weight excluding hydrogens is 370 g/mol. The lowest BCUT2D eigenvalue weighted by Crippen LogP contribution is -2.29. The Bertz CT molecular complexity index is 779. The molecule has 0 radical (unpaired) electrons. The number of nitrogens with one attached hydrogen (secondary N) is 2. The van der Waals surface area contributed by atoms with Crippen LogP contribution in [0.25, 0.3) is 0 Å². The Morgan fingerprint density at radius 2 is 1.96 bits per heavy atom. The highest BCUT2D eigenvalue weighted by Crippen LogP contribution is 2.26. The van der Waals surface area contributed by atoms with Gasteiger partial charge >= 0.3 is 5.69 Å². The first-order chi connectivity index (χ1) is 13.0. The number of halogens is 1. The van der Waals surface area contributed by atoms with Gasteiger partial charge < -0.3 is 16.4 Å². The van der Waals surface area contributed by atoms with Crippen molar-refractivity contribution in [3.63, 3.8) is 0 Å². The van der Waals surface area contributed by atoms with Gasteiger partial charge in [-0.1, -0.05) is 11.6 Å². The van der Waals surface area contributed by atoms with Gasteiger partial charge in [-0.2, -0.15) is 4.98 Å². The summed E-state index contributed by atoms with van der Waals surface area (Å²) in [6, 6.07) is 3.80. The van der Waals surface area contributed by atoms with Crippen LogP contribution in [-0.2, 0) is 6.54 Å². The smallest absolute Gasteiger partial charge is 0.329 e. The van der Waals surface area contributed by atoms with E-state index in [-0.39, 0.29) is 17.5 Å². The van der Waals surface area contributed by atoms with Crippen molar-refractivity contribution in [2.75, 3.05) is 17.2 Å². The van der Waals surface area contributed by atoms with Gasteiger partial charge in [0.2, 0.25) is 11.8 Å². The van der Waals surface area contributed by atoms with Crippen molar-refractivity contribution in [2.45, 2.75) is 38.3 Å². The molecule has 4 N–H and O–H groups in total. The number of hydrogen-bond donors (Lipinski definition) is 3. The monoisotopic (exact) mass is 391 g/mol. The van der Waals surface area contributed by atoms with Crippen LogP contribution in [0.5, 0.6) is 0 Å². The van der Waals surface area contributed by atoms with Gasteiger partial charge in [0.1, 0.15) is 6.20 Å². The van der Waals surface area contributed by atoms with Gasteiger partial charge in [0.05, 0.1) is 22.2 Å². The third-order valence-electron chi connectivity index (χ3n) is 4.63. The number of nitrogens with zero attached hydrogens (tertiary/aromatic N) is 4. The van der Waals surface area contributed by atoms with Crippen LogP contribution in [0.15, 0.2) is 24.5 Å². The number of aromatic nitrogens is 3. The average molecular weight is 392 g/mol. The summed E-state index contributed by atoms with van der Waals surface area (Å²) in [5.41, 5.74) is 6.54. The molecule has 1 saturated carbocycles. The molecule has 0 saturated heterocycles. The highest BCUT2D eigenvalue weighted by molar-refractivity contribution is 6.30. The first-order valence-electron chi connectivity index (χ1n) is 8.86. The lowest BCUT2D eigenvalue weighted by atomic mass is 9.86. The van der Waals surface area contributed by atoms with E-state index in [1.165, 1.54) is 6.20 Å². The minimum Gasteiger partial charge on any atom is -0.364 e. The van der Waals surface area contributed by atoms with Crippen LogP contribution >= 0.6 is 11.6 Å². The summed E-state index contributed by atoms with van der Waals surface area (Å²) >= 11 is 5.82. The normalized spacial score (nSPS) is 19.5. The van der Waals surface area contributed by atoms with Gasteiger partial charge in [-0.25, -0.2) is 4.98 Å². The largest absolute Gasteiger partial charge is 0.364 e. The van der Waals surface area contributed by atoms with E-state index in [9.17, 15) is 10.1 Å². The Labute approximate surface area is 161 Å². The Kier molecular flexibility index (Phi) is 6.36. The Balaban J connectivity index is 1.64. The van der Waals surface area contributed by atoms with E-state index >= 15 is 0 Å². The summed E-state index contributed by atoms with van der Waals surface area (Å²) in [6.45, 7) is 1.01. The molecule has 0 bridgehead atoms. The lowest BCUT2D eigenvalue weighted by Gasteiger charge is -2.26. The molecule has 3 rings (SSSR count). The van der Waals surface area contributed by atoms with Gasteiger partial charge in [-0.3, -0.25) is 15.1 Å². The molecule has 1 aliphatic carbocycles. The number of nitrogens with two attached hydrogens (primary N) is 1. The molecule has 0 aliphatic heterocycles. The van der Waals surface area contributed by atoms with E-state index in [0.29, 0.717) is 30.0 Å². The van der Waals surface area contributed by atoms with E-state index in [4.69, 9.17) is 17.3 Å². The third kappa shape index (κ3) is 5.48. The highest BCUT2D eigenvalue weighted by Gasteiger charge is 2.21. The maximum absolute atomic E-state index is 11.3. The van der Waals surface area contributed by atoms with Crippen molar-refractivity contribution in [3.05, 3.63) is 45.4 Å². The lowest BCUT2D eigenvalue weighted by molar-refractivity contribution is -0.384. The van der Waals surface area contributed by atoms with Crippen LogP contribution < -0.4 is 16.4 Å². The molecule has 1 aliphatic rings. The molecule has 144 valence electrons. The van der Waals surface area contributed by atoms with Gasteiger partial charge in [0.15, 0.2) is 0 Å². The molecule has 1 fully saturated rings. The fourth-order valence-corrected chi connectivity index (χ4v) is 3.15. The van der Waals surface area contributed by atoms with Gasteiger partial charge in [-0.05, 0) is 43.7 Å². The van der Waals surface area contributed by atoms with Crippen molar-refractivity contribution in [2.24, 2.45) is 11.7 Å². The van der Waals surface area contributed by atoms with Crippen molar-refractivity contribution in [1.29, 1.82) is 0 Å². The van der Waals surface area contributed by atoms with Gasteiger partial charge in [0, 0.05) is 18.8 Å². The van der Waals surface area contributed by atoms with Crippen LogP contribution in [-0.4, -0.2) is 32.5 Å². The predicted molar refractivity (Wildman–Crippen MR) is 104 cm³/mol. The van der Waals surface area contributed by atoms with E-state index in [0.717, 1.165) is 31.4 Å². The summed E-state index contributed by atoms with van der Waals surface area (Å²) in [7, 11) is 0. The molecule has 9 nitrogen and oxygen atoms in total. The third-order valence-corrected chi connectivity index (χ3v) is 4.86. The second-order valence-electron chi connectivity index (χ2n) is 6.67. The maximum atomic E-state index is 11.3. The molecule has 27 heavy (non-hydrogen) atoms. The zero-order valence-electron chi connectivity index (χ0n) is 14.8. The minimum atomic E-state index is -0.482. The average Bonchev–Trinajstić information content (AvgIpc) is 2.67. The zero-order valence-corrected chi connectivity index (χ0v) is 15.5. The van der Waals surface area contributed by atoms with Crippen molar-refractivity contribution < 1.29 is 4.92 Å². The standard InChI is InChI=1S/C17H22ClN7O2/c18-12-3-6-14(20-8-12)9-22-17-23-10-15(25(26)27)16(24-17)21-7-11-1-4-13(19)5-2-11/h3,6,8,10-11,13H,1-2,4-5,7,9,19H2,(H2,21,22,23,24)/t11-,13-. The molecule has 2 heterocycles. The summed E-state index contributed by atoms with van der Waals surface area (Å²) in [4.78, 5) is 23.3. The van der Waals surface area contributed by atoms with Gasteiger partial charge in [-0.15, -0.1) is 0 Å². The van der Waals surface area contributed by atoms with Crippen LogP contribution in [0.1, 0.15) is 31.4 Å². The topological polar surface area (TPSA) is 132 Å². The molecule has 0 aromatic carbocycles.